The van der Waals surface area contributed by atoms with Gasteiger partial charge in [0.15, 0.2) is 5.75 Å². The van der Waals surface area contributed by atoms with Gasteiger partial charge < -0.3 is 19.5 Å². The van der Waals surface area contributed by atoms with Crippen LogP contribution in [0.15, 0.2) is 47.4 Å². The summed E-state index contributed by atoms with van der Waals surface area (Å²) in [5.41, 5.74) is 2.05. The molecule has 0 unspecified atom stereocenters. The highest BCUT2D eigenvalue weighted by Gasteiger charge is 2.30. The molecule has 2 aromatic carbocycles. The van der Waals surface area contributed by atoms with Gasteiger partial charge in [0.25, 0.3) is 5.91 Å². The smallest absolute Gasteiger partial charge is 0.261 e. The number of phenolic OH excluding ortho intramolecular Hbond substituents is 1. The van der Waals surface area contributed by atoms with E-state index in [0.29, 0.717) is 19.5 Å². The summed E-state index contributed by atoms with van der Waals surface area (Å²) in [6, 6.07) is 9.50. The zero-order valence-corrected chi connectivity index (χ0v) is 16.9. The Kier molecular flexibility index (Phi) is 5.81. The molecule has 0 aliphatic carbocycles. The fourth-order valence-electron chi connectivity index (χ4n) is 3.29. The van der Waals surface area contributed by atoms with E-state index in [9.17, 15) is 18.3 Å². The van der Waals surface area contributed by atoms with Crippen molar-refractivity contribution in [3.8, 4) is 17.2 Å². The van der Waals surface area contributed by atoms with Gasteiger partial charge in [0.2, 0.25) is 10.0 Å². The monoisotopic (exact) mass is 418 g/mol. The van der Waals surface area contributed by atoms with Crippen LogP contribution in [0.4, 0.5) is 0 Å². The van der Waals surface area contributed by atoms with E-state index in [1.807, 2.05) is 18.2 Å². The lowest BCUT2D eigenvalue weighted by atomic mass is 9.99. The largest absolute Gasteiger partial charge is 0.508 e. The third-order valence-electron chi connectivity index (χ3n) is 4.76. The highest BCUT2D eigenvalue weighted by atomic mass is 32.2. The van der Waals surface area contributed by atoms with E-state index in [1.54, 1.807) is 17.0 Å². The Bertz CT molecular complexity index is 1060. The van der Waals surface area contributed by atoms with Gasteiger partial charge in [-0.1, -0.05) is 18.2 Å². The van der Waals surface area contributed by atoms with Crippen LogP contribution in [0, 0.1) is 0 Å². The molecule has 1 aliphatic rings. The number of sulfonamides is 1. The van der Waals surface area contributed by atoms with Gasteiger partial charge >= 0.3 is 0 Å². The van der Waals surface area contributed by atoms with E-state index in [0.717, 1.165) is 11.1 Å². The zero-order valence-electron chi connectivity index (χ0n) is 16.1. The van der Waals surface area contributed by atoms with Gasteiger partial charge in [0.1, 0.15) is 22.0 Å². The van der Waals surface area contributed by atoms with E-state index in [-0.39, 0.29) is 27.7 Å². The van der Waals surface area contributed by atoms with Gasteiger partial charge in [-0.05, 0) is 41.8 Å². The molecule has 0 saturated carbocycles. The first-order valence-electron chi connectivity index (χ1n) is 8.81. The molecule has 154 valence electrons. The zero-order chi connectivity index (χ0) is 21.2. The summed E-state index contributed by atoms with van der Waals surface area (Å²) in [6.45, 7) is 0.762. The first-order chi connectivity index (χ1) is 13.8. The Labute approximate surface area is 169 Å². The Morgan fingerprint density at radius 3 is 2.31 bits per heavy atom. The van der Waals surface area contributed by atoms with Crippen LogP contribution in [0.1, 0.15) is 22.3 Å². The van der Waals surface area contributed by atoms with E-state index in [1.165, 1.54) is 26.4 Å². The number of nitrogens with two attached hydrogens (primary N) is 1. The summed E-state index contributed by atoms with van der Waals surface area (Å²) in [5.74, 6) is -0.154. The van der Waals surface area contributed by atoms with Crippen LogP contribution >= 0.6 is 0 Å². The third kappa shape index (κ3) is 4.20. The number of aromatic hydroxyl groups is 1. The summed E-state index contributed by atoms with van der Waals surface area (Å²) >= 11 is 0. The van der Waals surface area contributed by atoms with Gasteiger partial charge in [-0.3, -0.25) is 4.79 Å². The van der Waals surface area contributed by atoms with Crippen molar-refractivity contribution in [2.75, 3.05) is 27.3 Å². The Morgan fingerprint density at radius 1 is 1.10 bits per heavy atom. The molecular formula is C20H22N2O6S. The SMILES string of the molecule is COc1ccc(S(N)(=O)=O)c(OC)c1C(=O)N1CC=C(c2ccc(O)cc2)CC1. The second kappa shape index (κ2) is 8.14. The number of nitrogens with zero attached hydrogens (tertiary/aromatic N) is 1. The maximum Gasteiger partial charge on any atom is 0.261 e. The minimum Gasteiger partial charge on any atom is -0.508 e. The number of carbonyl (C=O) groups is 1. The third-order valence-corrected chi connectivity index (χ3v) is 5.70. The Balaban J connectivity index is 1.94. The molecule has 8 nitrogen and oxygen atoms in total. The number of rotatable bonds is 5. The van der Waals surface area contributed by atoms with E-state index in [2.05, 4.69) is 0 Å². The number of methoxy groups -OCH3 is 2. The Morgan fingerprint density at radius 2 is 1.79 bits per heavy atom. The first kappa shape index (κ1) is 20.7. The fourth-order valence-corrected chi connectivity index (χ4v) is 4.00. The van der Waals surface area contributed by atoms with Gasteiger partial charge in [0, 0.05) is 13.1 Å². The molecule has 0 saturated heterocycles. The first-order valence-corrected chi connectivity index (χ1v) is 10.4. The summed E-state index contributed by atoms with van der Waals surface area (Å²) in [5, 5.41) is 14.7. The summed E-state index contributed by atoms with van der Waals surface area (Å²) in [6.07, 6.45) is 2.53. The molecule has 3 N–H and O–H groups in total. The molecule has 0 atom stereocenters. The molecule has 3 rings (SSSR count). The van der Waals surface area contributed by atoms with Crippen LogP contribution in [0.5, 0.6) is 17.2 Å². The number of benzene rings is 2. The van der Waals surface area contributed by atoms with Gasteiger partial charge in [-0.2, -0.15) is 0 Å². The summed E-state index contributed by atoms with van der Waals surface area (Å²) < 4.78 is 34.3. The van der Waals surface area contributed by atoms with E-state index in [4.69, 9.17) is 14.6 Å². The molecule has 1 amide bonds. The highest BCUT2D eigenvalue weighted by Crippen LogP contribution is 2.36. The summed E-state index contributed by atoms with van der Waals surface area (Å²) in [7, 11) is -1.42. The summed E-state index contributed by atoms with van der Waals surface area (Å²) in [4.78, 5) is 14.5. The normalized spacial score (nSPS) is 14.3. The lowest BCUT2D eigenvalue weighted by Gasteiger charge is -2.28. The molecule has 0 fully saturated rings. The number of hydrogen-bond donors (Lipinski definition) is 2. The number of carbonyl (C=O) groups excluding carboxylic acids is 1. The van der Waals surface area contributed by atoms with Crippen LogP contribution in [0.25, 0.3) is 5.57 Å². The quantitative estimate of drug-likeness (QED) is 0.766. The van der Waals surface area contributed by atoms with E-state index >= 15 is 0 Å². The van der Waals surface area contributed by atoms with Gasteiger partial charge in [-0.15, -0.1) is 0 Å². The number of phenols is 1. The van der Waals surface area contributed by atoms with Crippen molar-refractivity contribution < 1.29 is 27.8 Å². The average Bonchev–Trinajstić information content (AvgIpc) is 2.72. The maximum atomic E-state index is 13.2. The van der Waals surface area contributed by atoms with Gasteiger partial charge in [-0.25, -0.2) is 13.6 Å². The lowest BCUT2D eigenvalue weighted by molar-refractivity contribution is 0.0765. The molecule has 0 bridgehead atoms. The molecule has 29 heavy (non-hydrogen) atoms. The standard InChI is InChI=1S/C20H22N2O6S/c1-27-16-7-8-17(29(21,25)26)19(28-2)18(16)20(24)22-11-9-14(10-12-22)13-3-5-15(23)6-4-13/h3-9,23H,10-12H2,1-2H3,(H2,21,25,26). The van der Waals surface area contributed by atoms with Crippen LogP contribution in [-0.4, -0.2) is 51.6 Å². The number of ether oxygens (including phenoxy) is 2. The number of primary sulfonamides is 1. The average molecular weight is 418 g/mol. The molecule has 0 aromatic heterocycles. The van der Waals surface area contributed by atoms with Crippen LogP contribution in [-0.2, 0) is 10.0 Å². The molecule has 1 aliphatic heterocycles. The highest BCUT2D eigenvalue weighted by molar-refractivity contribution is 7.89. The van der Waals surface area contributed by atoms with Crippen LogP contribution < -0.4 is 14.6 Å². The van der Waals surface area contributed by atoms with Crippen molar-refractivity contribution in [3.05, 3.63) is 53.6 Å². The lowest BCUT2D eigenvalue weighted by Crippen LogP contribution is -2.35. The van der Waals surface area contributed by atoms with Crippen LogP contribution in [0.3, 0.4) is 0 Å². The van der Waals surface area contributed by atoms with Crippen molar-refractivity contribution in [1.82, 2.24) is 4.90 Å². The molecule has 2 aromatic rings. The molecule has 1 heterocycles. The topological polar surface area (TPSA) is 119 Å². The van der Waals surface area contributed by atoms with Crippen molar-refractivity contribution in [2.45, 2.75) is 11.3 Å². The van der Waals surface area contributed by atoms with Crippen molar-refractivity contribution in [3.63, 3.8) is 0 Å². The predicted molar refractivity (Wildman–Crippen MR) is 108 cm³/mol. The maximum absolute atomic E-state index is 13.2. The minimum absolute atomic E-state index is 0.0167. The predicted octanol–water partition coefficient (Wildman–Crippen LogP) is 1.99. The van der Waals surface area contributed by atoms with Crippen molar-refractivity contribution in [2.24, 2.45) is 5.14 Å². The number of amides is 1. The Hall–Kier alpha value is -3.04. The van der Waals surface area contributed by atoms with Crippen molar-refractivity contribution >= 4 is 21.5 Å². The van der Waals surface area contributed by atoms with Crippen molar-refractivity contribution in [1.29, 1.82) is 0 Å². The molecular weight excluding hydrogens is 396 g/mol. The van der Waals surface area contributed by atoms with Gasteiger partial charge in [0.05, 0.1) is 14.2 Å². The second-order valence-corrected chi connectivity index (χ2v) is 8.03. The fraction of sp³-hybridized carbons (Fsp3) is 0.250. The minimum atomic E-state index is -4.09. The molecule has 0 spiro atoms. The molecule has 0 radical (unpaired) electrons. The second-order valence-electron chi connectivity index (χ2n) is 6.50. The number of hydrogen-bond acceptors (Lipinski definition) is 6. The molecule has 9 heteroatoms. The van der Waals surface area contributed by atoms with Crippen LogP contribution in [0.2, 0.25) is 0 Å². The van der Waals surface area contributed by atoms with E-state index < -0.39 is 15.9 Å².